The van der Waals surface area contributed by atoms with Crippen LogP contribution in [-0.2, 0) is 6.18 Å². The van der Waals surface area contributed by atoms with Crippen molar-refractivity contribution in [3.05, 3.63) is 74.4 Å². The lowest BCUT2D eigenvalue weighted by Crippen LogP contribution is -2.55. The number of alkyl halides is 3. The number of aromatic nitrogens is 1. The lowest BCUT2D eigenvalue weighted by Gasteiger charge is -2.44. The number of hydrogen-bond acceptors (Lipinski definition) is 6. The fourth-order valence-electron chi connectivity index (χ4n) is 4.67. The lowest BCUT2D eigenvalue weighted by molar-refractivity contribution is -0.138. The van der Waals surface area contributed by atoms with Crippen LogP contribution in [0.5, 0.6) is 5.75 Å². The standard InChI is InChI=1S/C27H24ClF4N5O3/c1-13-11-37(12-14(2)36(13)3)23-8-21(29)17(15-4-16(9-33)25(39)20(28)5-15)6-22(23)35-26(40)18-10-34-24(38)7-19(18)27(30,31)32/h4-8,10,13-14,39H,11-12H2,1-3H3,(H,34,38)(H,35,40)/t13-,14?/m0/s1. The first-order chi connectivity index (χ1) is 18.7. The maximum Gasteiger partial charge on any atom is 0.417 e. The van der Waals surface area contributed by atoms with Crippen LogP contribution >= 0.6 is 11.6 Å². The van der Waals surface area contributed by atoms with Gasteiger partial charge < -0.3 is 20.3 Å². The van der Waals surface area contributed by atoms with Gasteiger partial charge >= 0.3 is 6.18 Å². The summed E-state index contributed by atoms with van der Waals surface area (Å²) in [6, 6.07) is 6.92. The SMILES string of the molecule is CC1CN(c2cc(F)c(-c3cc(Cl)c(O)c(C#N)c3)cc2NC(=O)c2c[nH]c(=O)cc2C(F)(F)F)C[C@H](C)N1C. The average molecular weight is 578 g/mol. The topological polar surface area (TPSA) is 112 Å². The van der Waals surface area contributed by atoms with E-state index in [4.69, 9.17) is 11.6 Å². The molecule has 1 aliphatic heterocycles. The number of carbonyl (C=O) groups excluding carboxylic acids is 1. The van der Waals surface area contributed by atoms with Crippen molar-refractivity contribution in [2.75, 3.05) is 30.4 Å². The highest BCUT2D eigenvalue weighted by Crippen LogP contribution is 2.39. The number of phenolic OH excluding ortho intramolecular Hbond substituents is 1. The third-order valence-electron chi connectivity index (χ3n) is 7.00. The molecule has 2 aromatic carbocycles. The van der Waals surface area contributed by atoms with E-state index in [9.17, 15) is 33.1 Å². The number of aromatic amines is 1. The molecule has 210 valence electrons. The predicted octanol–water partition coefficient (Wildman–Crippen LogP) is 5.21. The lowest BCUT2D eigenvalue weighted by atomic mass is 9.99. The molecule has 1 unspecified atom stereocenters. The Morgan fingerprint density at radius 1 is 1.18 bits per heavy atom. The number of halogens is 5. The molecule has 1 aliphatic rings. The zero-order chi connectivity index (χ0) is 29.5. The number of rotatable bonds is 4. The van der Waals surface area contributed by atoms with E-state index in [1.807, 2.05) is 25.8 Å². The number of hydrogen-bond donors (Lipinski definition) is 3. The maximum absolute atomic E-state index is 15.6. The molecule has 1 amide bonds. The van der Waals surface area contributed by atoms with Gasteiger partial charge in [0.1, 0.15) is 11.9 Å². The first kappa shape index (κ1) is 28.9. The zero-order valence-corrected chi connectivity index (χ0v) is 22.3. The van der Waals surface area contributed by atoms with Gasteiger partial charge in [0, 0.05) is 43.0 Å². The molecule has 0 aliphatic carbocycles. The molecule has 40 heavy (non-hydrogen) atoms. The summed E-state index contributed by atoms with van der Waals surface area (Å²) >= 11 is 6.03. The molecule has 2 atom stereocenters. The summed E-state index contributed by atoms with van der Waals surface area (Å²) in [5.41, 5.74) is -3.32. The van der Waals surface area contributed by atoms with Crippen LogP contribution in [0.2, 0.25) is 5.02 Å². The van der Waals surface area contributed by atoms with Gasteiger partial charge in [0.2, 0.25) is 5.56 Å². The minimum Gasteiger partial charge on any atom is -0.505 e. The number of aromatic hydroxyl groups is 1. The van der Waals surface area contributed by atoms with Gasteiger partial charge in [0.15, 0.2) is 5.75 Å². The van der Waals surface area contributed by atoms with Crippen molar-refractivity contribution in [3.63, 3.8) is 0 Å². The second-order valence-electron chi connectivity index (χ2n) is 9.66. The van der Waals surface area contributed by atoms with E-state index in [0.29, 0.717) is 19.3 Å². The Labute approximate surface area is 231 Å². The third-order valence-corrected chi connectivity index (χ3v) is 7.29. The zero-order valence-electron chi connectivity index (χ0n) is 21.5. The summed E-state index contributed by atoms with van der Waals surface area (Å²) in [5, 5.41) is 21.6. The van der Waals surface area contributed by atoms with Crippen LogP contribution in [0, 0.1) is 17.1 Å². The molecule has 3 aromatic rings. The molecule has 0 radical (unpaired) electrons. The van der Waals surface area contributed by atoms with Crippen molar-refractivity contribution >= 4 is 28.9 Å². The fourth-order valence-corrected chi connectivity index (χ4v) is 4.89. The van der Waals surface area contributed by atoms with Gasteiger partial charge in [-0.3, -0.25) is 14.5 Å². The summed E-state index contributed by atoms with van der Waals surface area (Å²) < 4.78 is 56.5. The second kappa shape index (κ2) is 10.8. The summed E-state index contributed by atoms with van der Waals surface area (Å²) in [7, 11) is 1.94. The Balaban J connectivity index is 1.87. The van der Waals surface area contributed by atoms with Crippen molar-refractivity contribution in [1.29, 1.82) is 5.26 Å². The molecule has 13 heteroatoms. The number of anilines is 2. The van der Waals surface area contributed by atoms with E-state index in [1.54, 1.807) is 6.07 Å². The largest absolute Gasteiger partial charge is 0.505 e. The van der Waals surface area contributed by atoms with Gasteiger partial charge in [0.05, 0.1) is 33.1 Å². The second-order valence-corrected chi connectivity index (χ2v) is 10.1. The molecular weight excluding hydrogens is 554 g/mol. The number of amides is 1. The van der Waals surface area contributed by atoms with Crippen molar-refractivity contribution in [2.24, 2.45) is 0 Å². The number of pyridine rings is 1. The quantitative estimate of drug-likeness (QED) is 0.367. The van der Waals surface area contributed by atoms with Crippen LogP contribution in [0.1, 0.15) is 35.3 Å². The van der Waals surface area contributed by atoms with E-state index in [-0.39, 0.29) is 51.2 Å². The monoisotopic (exact) mass is 577 g/mol. The molecule has 1 fully saturated rings. The van der Waals surface area contributed by atoms with E-state index in [2.05, 4.69) is 15.2 Å². The summed E-state index contributed by atoms with van der Waals surface area (Å²) in [6.45, 7) is 4.78. The Hall–Kier alpha value is -4.08. The number of carbonyl (C=O) groups is 1. The normalized spacial score (nSPS) is 17.9. The van der Waals surface area contributed by atoms with E-state index in [1.165, 1.54) is 18.2 Å². The van der Waals surface area contributed by atoms with Crippen LogP contribution in [0.4, 0.5) is 28.9 Å². The molecule has 4 rings (SSSR count). The Morgan fingerprint density at radius 2 is 1.82 bits per heavy atom. The summed E-state index contributed by atoms with van der Waals surface area (Å²) in [6.07, 6.45) is -4.32. The van der Waals surface area contributed by atoms with Crippen molar-refractivity contribution in [1.82, 2.24) is 9.88 Å². The number of nitrogens with zero attached hydrogens (tertiary/aromatic N) is 3. The fraction of sp³-hybridized carbons (Fsp3) is 0.296. The highest BCUT2D eigenvalue weighted by Gasteiger charge is 2.36. The van der Waals surface area contributed by atoms with Crippen molar-refractivity contribution in [2.45, 2.75) is 32.1 Å². The van der Waals surface area contributed by atoms with Gasteiger partial charge in [-0.25, -0.2) is 4.39 Å². The van der Waals surface area contributed by atoms with Gasteiger partial charge in [-0.05, 0) is 50.7 Å². The molecule has 0 bridgehead atoms. The van der Waals surface area contributed by atoms with E-state index >= 15 is 4.39 Å². The first-order valence-electron chi connectivity index (χ1n) is 12.1. The highest BCUT2D eigenvalue weighted by molar-refractivity contribution is 6.32. The third kappa shape index (κ3) is 5.61. The summed E-state index contributed by atoms with van der Waals surface area (Å²) in [4.78, 5) is 30.8. The van der Waals surface area contributed by atoms with Gasteiger partial charge in [0.25, 0.3) is 5.91 Å². The van der Waals surface area contributed by atoms with Crippen LogP contribution in [0.25, 0.3) is 11.1 Å². The summed E-state index contributed by atoms with van der Waals surface area (Å²) in [5.74, 6) is -2.42. The van der Waals surface area contributed by atoms with Gasteiger partial charge in [-0.1, -0.05) is 11.6 Å². The minimum absolute atomic E-state index is 0.00705. The number of piperazine rings is 1. The maximum atomic E-state index is 15.6. The number of phenols is 1. The number of likely N-dealkylation sites (N-methyl/N-ethyl adjacent to an activating group) is 1. The molecule has 3 N–H and O–H groups in total. The molecule has 2 heterocycles. The minimum atomic E-state index is -4.99. The first-order valence-corrected chi connectivity index (χ1v) is 12.4. The smallest absolute Gasteiger partial charge is 0.417 e. The van der Waals surface area contributed by atoms with Gasteiger partial charge in [-0.15, -0.1) is 0 Å². The number of nitrogens with one attached hydrogen (secondary N) is 2. The number of H-pyrrole nitrogens is 1. The van der Waals surface area contributed by atoms with E-state index in [0.717, 1.165) is 6.07 Å². The molecule has 1 saturated heterocycles. The Kier molecular flexibility index (Phi) is 7.83. The van der Waals surface area contributed by atoms with Crippen molar-refractivity contribution < 1.29 is 27.5 Å². The molecule has 0 saturated carbocycles. The molecule has 8 nitrogen and oxygen atoms in total. The van der Waals surface area contributed by atoms with Crippen LogP contribution in [0.3, 0.4) is 0 Å². The van der Waals surface area contributed by atoms with Gasteiger partial charge in [-0.2, -0.15) is 18.4 Å². The molecule has 0 spiro atoms. The predicted molar refractivity (Wildman–Crippen MR) is 142 cm³/mol. The molecule has 1 aromatic heterocycles. The molecular formula is C27H24ClF4N5O3. The number of nitriles is 1. The average Bonchev–Trinajstić information content (AvgIpc) is 2.88. The van der Waals surface area contributed by atoms with E-state index < -0.39 is 40.3 Å². The van der Waals surface area contributed by atoms with Crippen LogP contribution in [0.15, 0.2) is 41.3 Å². The highest BCUT2D eigenvalue weighted by atomic mass is 35.5. The van der Waals surface area contributed by atoms with Crippen LogP contribution in [-0.4, -0.2) is 53.1 Å². The number of benzene rings is 2. The Morgan fingerprint density at radius 3 is 2.42 bits per heavy atom. The van der Waals surface area contributed by atoms with Crippen molar-refractivity contribution in [3.8, 4) is 22.9 Å². The van der Waals surface area contributed by atoms with Crippen LogP contribution < -0.4 is 15.8 Å². The Bertz CT molecular complexity index is 1570.